The van der Waals surface area contributed by atoms with Crippen LogP contribution in [-0.2, 0) is 16.0 Å². The molecule has 0 unspecified atom stereocenters. The van der Waals surface area contributed by atoms with Gasteiger partial charge in [-0.3, -0.25) is 9.59 Å². The Balaban J connectivity index is 1.99. The van der Waals surface area contributed by atoms with Crippen LogP contribution in [0, 0.1) is 5.92 Å². The zero-order chi connectivity index (χ0) is 23.2. The molecule has 1 aromatic rings. The van der Waals surface area contributed by atoms with Gasteiger partial charge in [0.25, 0.3) is 0 Å². The summed E-state index contributed by atoms with van der Waals surface area (Å²) in [7, 11) is 0. The van der Waals surface area contributed by atoms with Gasteiger partial charge in [0, 0.05) is 12.0 Å². The molecule has 0 saturated heterocycles. The summed E-state index contributed by atoms with van der Waals surface area (Å²) in [5, 5.41) is 10.4. The van der Waals surface area contributed by atoms with Crippen LogP contribution >= 0.6 is 0 Å². The van der Waals surface area contributed by atoms with Crippen molar-refractivity contribution in [3.05, 3.63) is 65.0 Å². The summed E-state index contributed by atoms with van der Waals surface area (Å²) in [4.78, 5) is 24.2. The largest absolute Gasteiger partial charge is 0.508 e. The fourth-order valence-corrected chi connectivity index (χ4v) is 3.43. The van der Waals surface area contributed by atoms with Gasteiger partial charge in [0.15, 0.2) is 11.6 Å². The molecule has 0 heterocycles. The number of ketones is 2. The third kappa shape index (κ3) is 6.76. The van der Waals surface area contributed by atoms with Crippen LogP contribution in [0.25, 0.3) is 5.57 Å². The summed E-state index contributed by atoms with van der Waals surface area (Å²) in [6, 6.07) is 5.67. The van der Waals surface area contributed by atoms with E-state index in [2.05, 4.69) is 20.4 Å². The average molecular weight is 425 g/mol. The highest BCUT2D eigenvalue weighted by molar-refractivity contribution is 5.96. The number of allylic oxidation sites excluding steroid dienone is 3. The van der Waals surface area contributed by atoms with Crippen LogP contribution in [-0.4, -0.2) is 28.9 Å². The minimum Gasteiger partial charge on any atom is -0.508 e. The Bertz CT molecular complexity index is 898. The molecule has 0 radical (unpaired) electrons. The lowest BCUT2D eigenvalue weighted by Crippen LogP contribution is -2.27. The second-order valence-corrected chi connectivity index (χ2v) is 8.94. The van der Waals surface area contributed by atoms with E-state index in [-0.39, 0.29) is 23.9 Å². The van der Waals surface area contributed by atoms with Crippen LogP contribution in [0.1, 0.15) is 81.8 Å². The SMILES string of the molecule is C=C(/C=C\C(O)=C(\C)COC1(C(=O)CCC(C)C)CC1)c1ccc(C(C)=O)c(CC)c1. The molecule has 31 heavy (non-hydrogen) atoms. The molecule has 0 aliphatic heterocycles. The fraction of sp³-hybridized carbons (Fsp3) is 0.481. The summed E-state index contributed by atoms with van der Waals surface area (Å²) in [5.41, 5.74) is 3.41. The van der Waals surface area contributed by atoms with Gasteiger partial charge in [0.05, 0.1) is 6.61 Å². The number of carbonyl (C=O) groups is 2. The van der Waals surface area contributed by atoms with E-state index in [0.29, 0.717) is 17.9 Å². The molecule has 1 aromatic carbocycles. The Kier molecular flexibility index (Phi) is 8.58. The van der Waals surface area contributed by atoms with Gasteiger partial charge in [-0.1, -0.05) is 51.6 Å². The zero-order valence-electron chi connectivity index (χ0n) is 19.6. The van der Waals surface area contributed by atoms with Crippen molar-refractivity contribution < 1.29 is 19.4 Å². The molecule has 0 aromatic heterocycles. The standard InChI is InChI=1S/C27H36O4/c1-7-22-16-23(10-11-24(22)21(6)28)19(4)9-12-25(29)20(5)17-31-27(14-15-27)26(30)13-8-18(2)3/h9-12,16,18,29H,4,7-8,13-15,17H2,1-3,5-6H3/b12-9-,25-20+. The Labute approximate surface area is 186 Å². The number of rotatable bonds is 12. The molecule has 1 N–H and O–H groups in total. The van der Waals surface area contributed by atoms with E-state index in [0.717, 1.165) is 47.9 Å². The molecule has 0 atom stereocenters. The number of ether oxygens (including phenoxy) is 1. The van der Waals surface area contributed by atoms with E-state index >= 15 is 0 Å². The van der Waals surface area contributed by atoms with Crippen LogP contribution < -0.4 is 0 Å². The number of Topliss-reactive ketones (excluding diaryl/α,β-unsaturated/α-hetero) is 2. The molecule has 1 aliphatic rings. The summed E-state index contributed by atoms with van der Waals surface area (Å²) < 4.78 is 5.92. The number of benzene rings is 1. The first-order valence-electron chi connectivity index (χ1n) is 11.2. The average Bonchev–Trinajstić information content (AvgIpc) is 3.54. The predicted molar refractivity (Wildman–Crippen MR) is 126 cm³/mol. The molecule has 168 valence electrons. The molecule has 4 nitrogen and oxygen atoms in total. The fourth-order valence-electron chi connectivity index (χ4n) is 3.43. The molecule has 1 saturated carbocycles. The van der Waals surface area contributed by atoms with E-state index in [1.807, 2.05) is 25.1 Å². The van der Waals surface area contributed by atoms with Crippen molar-refractivity contribution >= 4 is 17.1 Å². The van der Waals surface area contributed by atoms with Crippen LogP contribution in [0.2, 0.25) is 0 Å². The third-order valence-corrected chi connectivity index (χ3v) is 5.84. The molecule has 1 fully saturated rings. The smallest absolute Gasteiger partial charge is 0.164 e. The minimum atomic E-state index is -0.640. The van der Waals surface area contributed by atoms with Gasteiger partial charge in [-0.2, -0.15) is 0 Å². The van der Waals surface area contributed by atoms with Crippen molar-refractivity contribution in [3.8, 4) is 0 Å². The Morgan fingerprint density at radius 2 is 1.90 bits per heavy atom. The van der Waals surface area contributed by atoms with Crippen LogP contribution in [0.15, 0.2) is 48.3 Å². The van der Waals surface area contributed by atoms with Gasteiger partial charge in [0.1, 0.15) is 11.4 Å². The number of hydrogen-bond acceptors (Lipinski definition) is 4. The van der Waals surface area contributed by atoms with Crippen molar-refractivity contribution in [2.45, 2.75) is 72.3 Å². The lowest BCUT2D eigenvalue weighted by Gasteiger charge is -2.16. The van der Waals surface area contributed by atoms with Gasteiger partial charge < -0.3 is 9.84 Å². The van der Waals surface area contributed by atoms with Crippen LogP contribution in [0.5, 0.6) is 0 Å². The highest BCUT2D eigenvalue weighted by atomic mass is 16.5. The highest BCUT2D eigenvalue weighted by Crippen LogP contribution is 2.42. The third-order valence-electron chi connectivity index (χ3n) is 5.84. The maximum absolute atomic E-state index is 12.5. The monoisotopic (exact) mass is 424 g/mol. The minimum absolute atomic E-state index is 0.0527. The van der Waals surface area contributed by atoms with Crippen molar-refractivity contribution in [1.82, 2.24) is 0 Å². The van der Waals surface area contributed by atoms with Gasteiger partial charge in [-0.25, -0.2) is 0 Å². The Morgan fingerprint density at radius 1 is 1.23 bits per heavy atom. The van der Waals surface area contributed by atoms with Crippen molar-refractivity contribution in [3.63, 3.8) is 0 Å². The van der Waals surface area contributed by atoms with Gasteiger partial charge >= 0.3 is 0 Å². The normalized spacial score (nSPS) is 15.8. The van der Waals surface area contributed by atoms with Gasteiger partial charge in [-0.15, -0.1) is 0 Å². The maximum Gasteiger partial charge on any atom is 0.164 e. The van der Waals surface area contributed by atoms with Crippen molar-refractivity contribution in [1.29, 1.82) is 0 Å². The first kappa shape index (κ1) is 24.8. The van der Waals surface area contributed by atoms with E-state index in [9.17, 15) is 14.7 Å². The molecule has 0 bridgehead atoms. The summed E-state index contributed by atoms with van der Waals surface area (Å²) in [5.74, 6) is 0.841. The van der Waals surface area contributed by atoms with E-state index < -0.39 is 5.60 Å². The molecular weight excluding hydrogens is 388 g/mol. The molecule has 1 aliphatic carbocycles. The molecule has 4 heteroatoms. The lowest BCUT2D eigenvalue weighted by molar-refractivity contribution is -0.133. The summed E-state index contributed by atoms with van der Waals surface area (Å²) in [6.07, 6.45) is 7.07. The first-order valence-corrected chi connectivity index (χ1v) is 11.2. The van der Waals surface area contributed by atoms with E-state index in [1.54, 1.807) is 26.0 Å². The number of aryl methyl sites for hydroxylation is 1. The summed E-state index contributed by atoms with van der Waals surface area (Å²) in [6.45, 7) is 13.9. The van der Waals surface area contributed by atoms with E-state index in [1.165, 1.54) is 0 Å². The Morgan fingerprint density at radius 3 is 2.45 bits per heavy atom. The second kappa shape index (κ2) is 10.7. The molecule has 2 rings (SSSR count). The Hall–Kier alpha value is -2.46. The van der Waals surface area contributed by atoms with Crippen molar-refractivity contribution in [2.75, 3.05) is 6.61 Å². The van der Waals surface area contributed by atoms with Crippen molar-refractivity contribution in [2.24, 2.45) is 5.92 Å². The highest BCUT2D eigenvalue weighted by Gasteiger charge is 2.50. The second-order valence-electron chi connectivity index (χ2n) is 8.94. The number of carbonyl (C=O) groups excluding carboxylic acids is 2. The maximum atomic E-state index is 12.5. The van der Waals surface area contributed by atoms with Crippen LogP contribution in [0.4, 0.5) is 0 Å². The molecular formula is C27H36O4. The zero-order valence-corrected chi connectivity index (χ0v) is 19.6. The number of aliphatic hydroxyl groups excluding tert-OH is 1. The first-order chi connectivity index (χ1) is 14.6. The van der Waals surface area contributed by atoms with E-state index in [4.69, 9.17) is 4.74 Å². The number of hydrogen-bond donors (Lipinski definition) is 1. The quantitative estimate of drug-likeness (QED) is 0.239. The molecule has 0 amide bonds. The van der Waals surface area contributed by atoms with Crippen LogP contribution in [0.3, 0.4) is 0 Å². The van der Waals surface area contributed by atoms with Gasteiger partial charge in [0.2, 0.25) is 0 Å². The van der Waals surface area contributed by atoms with Gasteiger partial charge in [-0.05, 0) is 73.8 Å². The topological polar surface area (TPSA) is 63.6 Å². The predicted octanol–water partition coefficient (Wildman–Crippen LogP) is 6.41. The lowest BCUT2D eigenvalue weighted by atomic mass is 9.96. The number of aliphatic hydroxyl groups is 1. The summed E-state index contributed by atoms with van der Waals surface area (Å²) >= 11 is 0. The molecule has 0 spiro atoms.